The van der Waals surface area contributed by atoms with E-state index in [9.17, 15) is 4.79 Å². The molecule has 0 aromatic carbocycles. The molecule has 0 spiro atoms. The maximum Gasteiger partial charge on any atom is 0.223 e. The molecule has 0 atom stereocenters. The van der Waals surface area contributed by atoms with Gasteiger partial charge in [0, 0.05) is 25.6 Å². The third-order valence-corrected chi connectivity index (χ3v) is 2.01. The molecule has 0 fully saturated rings. The van der Waals surface area contributed by atoms with E-state index < -0.39 is 0 Å². The Morgan fingerprint density at radius 3 is 2.59 bits per heavy atom. The van der Waals surface area contributed by atoms with E-state index in [0.29, 0.717) is 31.0 Å². The number of anilines is 3. The van der Waals surface area contributed by atoms with Gasteiger partial charge in [0.25, 0.3) is 0 Å². The van der Waals surface area contributed by atoms with E-state index in [0.717, 1.165) is 6.54 Å². The molecule has 1 amide bonds. The Labute approximate surface area is 100 Å². The lowest BCUT2D eigenvalue weighted by atomic mass is 10.3. The zero-order chi connectivity index (χ0) is 12.7. The smallest absolute Gasteiger partial charge is 0.223 e. The first-order chi connectivity index (χ1) is 8.11. The van der Waals surface area contributed by atoms with Crippen molar-refractivity contribution in [3.63, 3.8) is 0 Å². The van der Waals surface area contributed by atoms with Gasteiger partial charge >= 0.3 is 0 Å². The molecule has 0 bridgehead atoms. The molecule has 7 nitrogen and oxygen atoms in total. The van der Waals surface area contributed by atoms with Gasteiger partial charge in [-0.05, 0) is 13.3 Å². The van der Waals surface area contributed by atoms with Crippen LogP contribution in [0.25, 0.3) is 0 Å². The summed E-state index contributed by atoms with van der Waals surface area (Å²) in [5, 5.41) is 6.11. The third-order valence-electron chi connectivity index (χ3n) is 2.01. The number of amides is 1. The number of carbonyl (C=O) groups is 1. The number of rotatable bonds is 7. The van der Waals surface area contributed by atoms with Crippen LogP contribution in [-0.2, 0) is 4.79 Å². The second-order valence-electron chi connectivity index (χ2n) is 3.52. The molecule has 17 heavy (non-hydrogen) atoms. The number of nitrogens with one attached hydrogen (secondary N) is 2. The highest BCUT2D eigenvalue weighted by atomic mass is 16.1. The number of hydrogen-bond acceptors (Lipinski definition) is 6. The van der Waals surface area contributed by atoms with Crippen LogP contribution in [0.5, 0.6) is 0 Å². The molecule has 0 saturated carbocycles. The number of hydrogen-bond donors (Lipinski definition) is 4. The van der Waals surface area contributed by atoms with Gasteiger partial charge in [0.2, 0.25) is 11.9 Å². The molecule has 0 aliphatic heterocycles. The van der Waals surface area contributed by atoms with Crippen molar-refractivity contribution in [2.75, 3.05) is 29.5 Å². The summed E-state index contributed by atoms with van der Waals surface area (Å²) in [6.07, 6.45) is 1.02. The highest BCUT2D eigenvalue weighted by molar-refractivity contribution is 5.73. The number of nitrogens with zero attached hydrogens (tertiary/aromatic N) is 2. The lowest BCUT2D eigenvalue weighted by Crippen LogP contribution is -2.13. The third kappa shape index (κ3) is 5.01. The van der Waals surface area contributed by atoms with Gasteiger partial charge in [0.1, 0.15) is 11.6 Å². The summed E-state index contributed by atoms with van der Waals surface area (Å²) in [5.41, 5.74) is 10.6. The van der Waals surface area contributed by atoms with Gasteiger partial charge in [0.05, 0.1) is 0 Å². The van der Waals surface area contributed by atoms with Crippen molar-refractivity contribution >= 4 is 23.5 Å². The lowest BCUT2D eigenvalue weighted by Gasteiger charge is -2.08. The first-order valence-corrected chi connectivity index (χ1v) is 5.52. The average molecular weight is 238 g/mol. The normalized spacial score (nSPS) is 9.94. The summed E-state index contributed by atoms with van der Waals surface area (Å²) in [6, 6.07) is 1.77. The minimum absolute atomic E-state index is 0.209. The van der Waals surface area contributed by atoms with Crippen molar-refractivity contribution in [1.82, 2.24) is 9.97 Å². The Morgan fingerprint density at radius 2 is 2.00 bits per heavy atom. The summed E-state index contributed by atoms with van der Waals surface area (Å²) >= 11 is 0. The maximum atomic E-state index is 10.5. The zero-order valence-electron chi connectivity index (χ0n) is 9.86. The van der Waals surface area contributed by atoms with Gasteiger partial charge in [-0.25, -0.2) is 0 Å². The molecule has 1 aromatic rings. The average Bonchev–Trinajstić information content (AvgIpc) is 2.24. The van der Waals surface area contributed by atoms with Crippen LogP contribution in [-0.4, -0.2) is 29.0 Å². The molecular formula is C10H18N6O. The number of carbonyl (C=O) groups excluding carboxylic acids is 1. The molecule has 0 aliphatic rings. The van der Waals surface area contributed by atoms with Crippen molar-refractivity contribution in [3.8, 4) is 0 Å². The molecule has 1 heterocycles. The van der Waals surface area contributed by atoms with Gasteiger partial charge < -0.3 is 22.1 Å². The summed E-state index contributed by atoms with van der Waals surface area (Å²) in [7, 11) is 0. The minimum atomic E-state index is -0.303. The second-order valence-corrected chi connectivity index (χ2v) is 3.52. The number of nitrogen functional groups attached to an aromatic ring is 1. The van der Waals surface area contributed by atoms with Crippen molar-refractivity contribution in [2.45, 2.75) is 19.8 Å². The Kier molecular flexibility index (Phi) is 4.99. The monoisotopic (exact) mass is 238 g/mol. The van der Waals surface area contributed by atoms with E-state index in [1.54, 1.807) is 6.07 Å². The van der Waals surface area contributed by atoms with Crippen molar-refractivity contribution in [2.24, 2.45) is 5.73 Å². The largest absolute Gasteiger partial charge is 0.370 e. The van der Waals surface area contributed by atoms with Crippen molar-refractivity contribution in [1.29, 1.82) is 0 Å². The fourth-order valence-electron chi connectivity index (χ4n) is 1.31. The summed E-state index contributed by atoms with van der Waals surface area (Å²) < 4.78 is 0. The van der Waals surface area contributed by atoms with E-state index >= 15 is 0 Å². The molecule has 0 aliphatic carbocycles. The van der Waals surface area contributed by atoms with Crippen LogP contribution in [0.4, 0.5) is 17.6 Å². The molecule has 6 N–H and O–H groups in total. The van der Waals surface area contributed by atoms with Crippen LogP contribution in [0.3, 0.4) is 0 Å². The molecule has 0 radical (unpaired) electrons. The standard InChI is InChI=1S/C10H18N6O/c1-2-13-8-6-9(16-10(12)15-8)14-5-3-4-7(11)17/h6H,2-5H2,1H3,(H2,11,17)(H4,12,13,14,15,16). The Morgan fingerprint density at radius 1 is 1.35 bits per heavy atom. The minimum Gasteiger partial charge on any atom is -0.370 e. The molecule has 0 unspecified atom stereocenters. The van der Waals surface area contributed by atoms with Crippen LogP contribution in [0.1, 0.15) is 19.8 Å². The predicted molar refractivity (Wildman–Crippen MR) is 67.5 cm³/mol. The number of aromatic nitrogens is 2. The second kappa shape index (κ2) is 6.51. The number of nitrogens with two attached hydrogens (primary N) is 2. The fourth-order valence-corrected chi connectivity index (χ4v) is 1.31. The van der Waals surface area contributed by atoms with E-state index in [1.165, 1.54) is 0 Å². The van der Waals surface area contributed by atoms with E-state index in [1.807, 2.05) is 6.92 Å². The van der Waals surface area contributed by atoms with Crippen LogP contribution in [0.2, 0.25) is 0 Å². The molecule has 94 valence electrons. The van der Waals surface area contributed by atoms with E-state index in [-0.39, 0.29) is 11.9 Å². The van der Waals surface area contributed by atoms with Crippen molar-refractivity contribution < 1.29 is 4.79 Å². The van der Waals surface area contributed by atoms with Gasteiger partial charge in [-0.1, -0.05) is 0 Å². The summed E-state index contributed by atoms with van der Waals surface area (Å²) in [5.74, 6) is 1.22. The Hall–Kier alpha value is -2.05. The summed E-state index contributed by atoms with van der Waals surface area (Å²) in [6.45, 7) is 3.35. The Balaban J connectivity index is 2.49. The van der Waals surface area contributed by atoms with Crippen LogP contribution in [0.15, 0.2) is 6.07 Å². The molecule has 7 heteroatoms. The highest BCUT2D eigenvalue weighted by Gasteiger charge is 2.01. The lowest BCUT2D eigenvalue weighted by molar-refractivity contribution is -0.118. The van der Waals surface area contributed by atoms with E-state index in [2.05, 4.69) is 20.6 Å². The first-order valence-electron chi connectivity index (χ1n) is 5.52. The molecular weight excluding hydrogens is 220 g/mol. The molecule has 1 rings (SSSR count). The first kappa shape index (κ1) is 13.0. The Bertz CT molecular complexity index is 381. The van der Waals surface area contributed by atoms with Crippen LogP contribution < -0.4 is 22.1 Å². The highest BCUT2D eigenvalue weighted by Crippen LogP contribution is 2.12. The van der Waals surface area contributed by atoms with Crippen LogP contribution >= 0.6 is 0 Å². The summed E-state index contributed by atoms with van der Waals surface area (Å²) in [4.78, 5) is 18.6. The fraction of sp³-hybridized carbons (Fsp3) is 0.500. The van der Waals surface area contributed by atoms with E-state index in [4.69, 9.17) is 11.5 Å². The number of primary amides is 1. The SMILES string of the molecule is CCNc1cc(NCCCC(N)=O)nc(N)n1. The predicted octanol–water partition coefficient (Wildman–Crippen LogP) is 0.168. The van der Waals surface area contributed by atoms with Gasteiger partial charge in [-0.2, -0.15) is 9.97 Å². The van der Waals surface area contributed by atoms with Gasteiger partial charge in [-0.15, -0.1) is 0 Å². The van der Waals surface area contributed by atoms with Gasteiger partial charge in [0.15, 0.2) is 0 Å². The maximum absolute atomic E-state index is 10.5. The van der Waals surface area contributed by atoms with Gasteiger partial charge in [-0.3, -0.25) is 4.79 Å². The quantitative estimate of drug-likeness (QED) is 0.503. The van der Waals surface area contributed by atoms with Crippen molar-refractivity contribution in [3.05, 3.63) is 6.07 Å². The molecule has 1 aromatic heterocycles. The topological polar surface area (TPSA) is 119 Å². The zero-order valence-corrected chi connectivity index (χ0v) is 9.86. The molecule has 0 saturated heterocycles. The van der Waals surface area contributed by atoms with Crippen LogP contribution in [0, 0.1) is 0 Å².